The summed E-state index contributed by atoms with van der Waals surface area (Å²) >= 11 is 0. The average molecular weight is 984 g/mol. The molecule has 2 aromatic carbocycles. The summed E-state index contributed by atoms with van der Waals surface area (Å²) in [6.45, 7) is 13.8. The highest BCUT2D eigenvalue weighted by Crippen LogP contribution is 2.67. The van der Waals surface area contributed by atoms with Gasteiger partial charge in [-0.3, -0.25) is 24.2 Å². The van der Waals surface area contributed by atoms with Crippen LogP contribution in [0.4, 0.5) is 5.69 Å². The maximum Gasteiger partial charge on any atom is 0.256 e. The van der Waals surface area contributed by atoms with Gasteiger partial charge < -0.3 is 30.5 Å². The van der Waals surface area contributed by atoms with Crippen LogP contribution in [0.1, 0.15) is 165 Å². The Morgan fingerprint density at radius 1 is 0.875 bits per heavy atom. The molecule has 1 aliphatic carbocycles. The van der Waals surface area contributed by atoms with Crippen molar-refractivity contribution in [1.82, 2.24) is 20.1 Å². The number of nitrogens with one attached hydrogen (secondary N) is 2. The minimum atomic E-state index is -2.37. The number of unbranched alkanes of at least 4 members (excludes halogenated alkanes) is 9. The number of nitrogens with zero attached hydrogens (tertiary/aromatic N) is 3. The lowest BCUT2D eigenvalue weighted by Gasteiger charge is -2.63. The van der Waals surface area contributed by atoms with Gasteiger partial charge in [0.05, 0.1) is 17.1 Å². The van der Waals surface area contributed by atoms with E-state index in [0.29, 0.717) is 70.4 Å². The Morgan fingerprint density at radius 2 is 1.61 bits per heavy atom. The van der Waals surface area contributed by atoms with Gasteiger partial charge in [0.25, 0.3) is 5.91 Å². The third-order valence-electron chi connectivity index (χ3n) is 18.9. The SMILES string of the molecule is CCCCC/C=C\C/C=C\CCCCCCCCNC(=O)[C@@]1(O)[C@H](O)[C@]2(CC)C=CCN3CC[C@@]4(c5cc([C@@]6(C(C)=O)CC7CN(CCc8c6[nH]c6ccccc86)C[C@](O)(CC)C7)c(C)cc5N(C=O)[C@@H]14)[C@@H]32. The molecule has 1 aromatic heterocycles. The van der Waals surface area contributed by atoms with Crippen LogP contribution in [0.25, 0.3) is 10.9 Å². The van der Waals surface area contributed by atoms with Crippen LogP contribution < -0.4 is 10.2 Å². The van der Waals surface area contributed by atoms with Crippen molar-refractivity contribution in [3.63, 3.8) is 0 Å². The number of carbonyl (C=O) groups is 3. The molecule has 1 spiro atoms. The summed E-state index contributed by atoms with van der Waals surface area (Å²) in [5, 5.41) is 42.7. The molecule has 3 fully saturated rings. The zero-order valence-corrected chi connectivity index (χ0v) is 44.2. The van der Waals surface area contributed by atoms with Crippen molar-refractivity contribution in [3.05, 3.63) is 101 Å². The van der Waals surface area contributed by atoms with Crippen LogP contribution in [0.3, 0.4) is 0 Å². The number of aliphatic hydroxyl groups excluding tert-OH is 1. The maximum absolute atomic E-state index is 15.3. The first-order chi connectivity index (χ1) is 34.8. The minimum Gasteiger partial charge on any atom is -0.389 e. The molecule has 5 N–H and O–H groups in total. The number of amides is 2. The Kier molecular flexibility index (Phi) is 15.6. The Morgan fingerprint density at radius 3 is 2.33 bits per heavy atom. The zero-order chi connectivity index (χ0) is 50.9. The molecular formula is C61H85N5O6. The van der Waals surface area contributed by atoms with Gasteiger partial charge in [-0.2, -0.15) is 0 Å². The number of anilines is 1. The van der Waals surface area contributed by atoms with Crippen molar-refractivity contribution in [1.29, 1.82) is 0 Å². The lowest BCUT2D eigenvalue weighted by Crippen LogP contribution is -2.82. The van der Waals surface area contributed by atoms with Gasteiger partial charge in [-0.15, -0.1) is 0 Å². The van der Waals surface area contributed by atoms with Gasteiger partial charge in [-0.1, -0.05) is 120 Å². The monoisotopic (exact) mass is 984 g/mol. The first kappa shape index (κ1) is 52.5. The summed E-state index contributed by atoms with van der Waals surface area (Å²) in [4.78, 5) is 54.5. The molecule has 6 aliphatic rings. The Bertz CT molecular complexity index is 2550. The summed E-state index contributed by atoms with van der Waals surface area (Å²) < 4.78 is 0. The van der Waals surface area contributed by atoms with E-state index >= 15 is 9.59 Å². The van der Waals surface area contributed by atoms with E-state index in [9.17, 15) is 20.1 Å². The molecule has 2 saturated heterocycles. The normalized spacial score (nSPS) is 32.8. The second kappa shape index (κ2) is 21.5. The number of H-pyrrole nitrogens is 1. The highest BCUT2D eigenvalue weighted by atomic mass is 16.4. The number of hydrogen-bond acceptors (Lipinski definition) is 8. The van der Waals surface area contributed by atoms with Gasteiger partial charge in [0.2, 0.25) is 6.41 Å². The lowest BCUT2D eigenvalue weighted by molar-refractivity contribution is -0.203. The van der Waals surface area contributed by atoms with E-state index in [2.05, 4.69) is 94.7 Å². The predicted molar refractivity (Wildman–Crippen MR) is 288 cm³/mol. The maximum atomic E-state index is 15.3. The molecule has 6 heterocycles. The second-order valence-corrected chi connectivity index (χ2v) is 23.0. The van der Waals surface area contributed by atoms with E-state index in [1.165, 1.54) is 25.7 Å². The van der Waals surface area contributed by atoms with Gasteiger partial charge in [-0.05, 0) is 138 Å². The van der Waals surface area contributed by atoms with Crippen LogP contribution in [0.5, 0.6) is 0 Å². The van der Waals surface area contributed by atoms with Crippen molar-refractivity contribution in [2.45, 2.75) is 190 Å². The molecular weight excluding hydrogens is 899 g/mol. The van der Waals surface area contributed by atoms with E-state index in [1.54, 1.807) is 11.8 Å². The lowest BCUT2D eigenvalue weighted by atomic mass is 9.47. The number of allylic oxidation sites excluding steroid dienone is 4. The van der Waals surface area contributed by atoms with Gasteiger partial charge in [0, 0.05) is 71.9 Å². The topological polar surface area (TPSA) is 149 Å². The van der Waals surface area contributed by atoms with E-state index < -0.39 is 45.5 Å². The molecule has 5 aliphatic heterocycles. The average Bonchev–Trinajstić information content (AvgIpc) is 4.05. The van der Waals surface area contributed by atoms with E-state index in [1.807, 2.05) is 26.0 Å². The molecule has 2 amide bonds. The van der Waals surface area contributed by atoms with Crippen LogP contribution in [0.15, 0.2) is 72.9 Å². The van der Waals surface area contributed by atoms with E-state index in [4.69, 9.17) is 0 Å². The van der Waals surface area contributed by atoms with Crippen LogP contribution in [-0.2, 0) is 31.6 Å². The molecule has 0 radical (unpaired) electrons. The second-order valence-electron chi connectivity index (χ2n) is 23.0. The third kappa shape index (κ3) is 8.78. The highest BCUT2D eigenvalue weighted by molar-refractivity contribution is 5.98. The van der Waals surface area contributed by atoms with Gasteiger partial charge in [0.15, 0.2) is 5.60 Å². The molecule has 2 bridgehead atoms. The first-order valence-electron chi connectivity index (χ1n) is 28.1. The summed E-state index contributed by atoms with van der Waals surface area (Å²) in [6.07, 6.45) is 29.2. The molecule has 11 heteroatoms. The Labute approximate surface area is 429 Å². The number of aromatic nitrogens is 1. The third-order valence-corrected chi connectivity index (χ3v) is 18.9. The molecule has 2 unspecified atom stereocenters. The number of Topliss-reactive ketones (excluding diaryl/α,β-unsaturated/α-hetero) is 1. The summed E-state index contributed by atoms with van der Waals surface area (Å²) in [5.41, 5.74) is -0.272. The smallest absolute Gasteiger partial charge is 0.256 e. The summed E-state index contributed by atoms with van der Waals surface area (Å²) in [6, 6.07) is 11.1. The van der Waals surface area contributed by atoms with Gasteiger partial charge in [0.1, 0.15) is 11.9 Å². The van der Waals surface area contributed by atoms with Crippen LogP contribution in [0, 0.1) is 18.3 Å². The number of hydrogen-bond donors (Lipinski definition) is 5. The van der Waals surface area contributed by atoms with E-state index in [-0.39, 0.29) is 17.7 Å². The van der Waals surface area contributed by atoms with Crippen molar-refractivity contribution in [3.8, 4) is 0 Å². The number of aromatic amines is 1. The van der Waals surface area contributed by atoms with Crippen molar-refractivity contribution in [2.75, 3.05) is 44.2 Å². The minimum absolute atomic E-state index is 0.00310. The number of aliphatic hydroxyl groups is 3. The molecule has 390 valence electrons. The standard InChI is InChI=1S/C61H85N5O6/c1-6-9-10-11-12-13-14-15-16-17-18-19-20-21-22-25-32-62-56(70)61(72)54-59(31-35-65-33-26-30-58(8-3,53(59)65)55(61)69)49-37-48(43(4)36-51(49)66(54)42-67)60(44(5)68)39-45-38-57(71,7-2)41-64(40-45)34-29-47-46-27-23-24-28-50(46)63-52(47)60/h12-13,15-16,23-24,26-28,30,36-37,42,45,53-55,63,69,71-72H,6-11,14,17-22,25,29,31-35,38-41H2,1-5H3,(H,62,70)/b13-12-,16-15-/t45?,53-,54+,55+,57-,58+,59+,60-,61-/m0/s1. The number of aryl methyl sites for hydroxylation is 1. The quantitative estimate of drug-likeness (QED) is 0.0403. The number of carbonyl (C=O) groups excluding carboxylic acids is 3. The number of piperidine rings is 1. The zero-order valence-electron chi connectivity index (χ0n) is 44.2. The van der Waals surface area contributed by atoms with Gasteiger partial charge >= 0.3 is 0 Å². The molecule has 3 aromatic rings. The molecule has 72 heavy (non-hydrogen) atoms. The predicted octanol–water partition coefficient (Wildman–Crippen LogP) is 9.42. The summed E-state index contributed by atoms with van der Waals surface area (Å²) in [7, 11) is 0. The van der Waals surface area contributed by atoms with Crippen molar-refractivity contribution >= 4 is 34.7 Å². The fourth-order valence-electron chi connectivity index (χ4n) is 15.5. The van der Waals surface area contributed by atoms with Gasteiger partial charge in [-0.25, -0.2) is 0 Å². The highest BCUT2D eigenvalue weighted by Gasteiger charge is 2.79. The van der Waals surface area contributed by atoms with Crippen LogP contribution in [-0.4, -0.2) is 117 Å². The van der Waals surface area contributed by atoms with E-state index in [0.717, 1.165) is 110 Å². The largest absolute Gasteiger partial charge is 0.389 e. The first-order valence-corrected chi connectivity index (χ1v) is 28.1. The number of para-hydroxylation sites is 1. The Balaban J connectivity index is 1.03. The number of rotatable bonds is 21. The molecule has 9 rings (SSSR count). The fourth-order valence-corrected chi connectivity index (χ4v) is 15.5. The van der Waals surface area contributed by atoms with Crippen molar-refractivity contribution < 1.29 is 29.7 Å². The van der Waals surface area contributed by atoms with Crippen molar-refractivity contribution in [2.24, 2.45) is 11.3 Å². The molecule has 11 nitrogen and oxygen atoms in total. The number of ketones is 1. The molecule has 1 saturated carbocycles. The van der Waals surface area contributed by atoms with Crippen LogP contribution in [0.2, 0.25) is 0 Å². The Hall–Kier alpha value is -4.39. The number of fused-ring (bicyclic) bond motifs is 6. The number of benzene rings is 2. The molecule has 10 atom stereocenters. The summed E-state index contributed by atoms with van der Waals surface area (Å²) in [5.74, 6) is -0.643. The van der Waals surface area contributed by atoms with Crippen LogP contribution >= 0.6 is 0 Å². The fraction of sp³-hybridized carbons (Fsp3) is 0.623.